The molecule has 2 unspecified atom stereocenters. The van der Waals surface area contributed by atoms with Gasteiger partial charge in [-0.1, -0.05) is 140 Å². The molecule has 2 aliphatic rings. The molecule has 2 aromatic heterocycles. The second kappa shape index (κ2) is 12.4. The van der Waals surface area contributed by atoms with Crippen molar-refractivity contribution in [2.24, 2.45) is 4.99 Å². The Morgan fingerprint density at radius 3 is 2.00 bits per heavy atom. The van der Waals surface area contributed by atoms with Crippen LogP contribution in [0.5, 0.6) is 0 Å². The molecule has 6 nitrogen and oxygen atoms in total. The summed E-state index contributed by atoms with van der Waals surface area (Å²) in [5, 5.41) is 16.9. The van der Waals surface area contributed by atoms with Gasteiger partial charge in [0.1, 0.15) is 40.7 Å². The molecule has 0 bridgehead atoms. The Balaban J connectivity index is 0.985. The van der Waals surface area contributed by atoms with Gasteiger partial charge < -0.3 is 19.5 Å². The molecule has 2 aliphatic heterocycles. The molecule has 2 atom stereocenters. The van der Waals surface area contributed by atoms with Crippen LogP contribution in [-0.2, 0) is 6.54 Å². The molecular weight excluding hydrogens is 665 g/mol. The number of hydrogen-bond acceptors (Lipinski definition) is 6. The van der Waals surface area contributed by atoms with Gasteiger partial charge in [0.25, 0.3) is 0 Å². The quantitative estimate of drug-likeness (QED) is 0.167. The lowest BCUT2D eigenvalue weighted by molar-refractivity contribution is 0.448. The maximum atomic E-state index is 6.31. The van der Waals surface area contributed by atoms with E-state index in [4.69, 9.17) is 13.8 Å². The van der Waals surface area contributed by atoms with Crippen molar-refractivity contribution in [1.82, 2.24) is 16.0 Å². The molecule has 6 heteroatoms. The maximum absolute atomic E-state index is 6.31. The third kappa shape index (κ3) is 4.95. The maximum Gasteiger partial charge on any atom is 0.136 e. The molecule has 0 amide bonds. The molecule has 4 heterocycles. The van der Waals surface area contributed by atoms with Gasteiger partial charge in [0.05, 0.1) is 6.54 Å². The average Bonchev–Trinajstić information content (AvgIpc) is 3.82. The summed E-state index contributed by atoms with van der Waals surface area (Å²) in [6.45, 7) is 0.639. The summed E-state index contributed by atoms with van der Waals surface area (Å²) >= 11 is 0. The lowest BCUT2D eigenvalue weighted by Gasteiger charge is -2.34. The van der Waals surface area contributed by atoms with Crippen LogP contribution in [0.2, 0.25) is 0 Å². The van der Waals surface area contributed by atoms with E-state index in [9.17, 15) is 0 Å². The van der Waals surface area contributed by atoms with Crippen LogP contribution in [0.15, 0.2) is 178 Å². The van der Waals surface area contributed by atoms with E-state index in [-0.39, 0.29) is 12.3 Å². The van der Waals surface area contributed by atoms with Crippen molar-refractivity contribution in [1.29, 1.82) is 0 Å². The number of nitrogens with one attached hydrogen (secondary N) is 3. The number of aliphatic imine (C=N–C) groups is 1. The molecule has 258 valence electrons. The minimum absolute atomic E-state index is 0.223. The fraction of sp³-hybridized carbons (Fsp3) is 0.0625. The Kier molecular flexibility index (Phi) is 7.03. The normalized spacial score (nSPS) is 16.9. The molecule has 9 aromatic rings. The Bertz CT molecular complexity index is 2950. The summed E-state index contributed by atoms with van der Waals surface area (Å²) in [5.41, 5.74) is 11.7. The van der Waals surface area contributed by atoms with E-state index in [0.29, 0.717) is 6.54 Å². The highest BCUT2D eigenvalue weighted by atomic mass is 16.3. The van der Waals surface area contributed by atoms with Gasteiger partial charge in [-0.05, 0) is 56.8 Å². The average molecular weight is 699 g/mol. The summed E-state index contributed by atoms with van der Waals surface area (Å²) in [6, 6.07) is 55.3. The molecule has 0 spiro atoms. The van der Waals surface area contributed by atoms with Crippen molar-refractivity contribution in [2.75, 3.05) is 0 Å². The Morgan fingerprint density at radius 2 is 1.19 bits per heavy atom. The summed E-state index contributed by atoms with van der Waals surface area (Å²) in [4.78, 5) is 5.29. The monoisotopic (exact) mass is 698 g/mol. The zero-order valence-corrected chi connectivity index (χ0v) is 29.2. The van der Waals surface area contributed by atoms with Crippen molar-refractivity contribution in [3.8, 4) is 22.3 Å². The number of amidine groups is 1. The summed E-state index contributed by atoms with van der Waals surface area (Å²) in [5.74, 6) is 1.77. The third-order valence-corrected chi connectivity index (χ3v) is 10.9. The van der Waals surface area contributed by atoms with Crippen molar-refractivity contribution in [3.05, 3.63) is 186 Å². The van der Waals surface area contributed by atoms with E-state index >= 15 is 0 Å². The predicted molar refractivity (Wildman–Crippen MR) is 219 cm³/mol. The van der Waals surface area contributed by atoms with Crippen LogP contribution in [0.3, 0.4) is 0 Å². The zero-order valence-electron chi connectivity index (χ0n) is 29.2. The first-order valence-corrected chi connectivity index (χ1v) is 18.4. The highest BCUT2D eigenvalue weighted by molar-refractivity contribution is 6.12. The van der Waals surface area contributed by atoms with Crippen molar-refractivity contribution < 1.29 is 8.83 Å². The van der Waals surface area contributed by atoms with E-state index in [1.54, 1.807) is 0 Å². The molecular formula is C48H34N4O2. The van der Waals surface area contributed by atoms with Gasteiger partial charge in [-0.2, -0.15) is 0 Å². The van der Waals surface area contributed by atoms with Gasteiger partial charge in [-0.15, -0.1) is 0 Å². The standard InChI is InChI=1S/C48H34N4O2/c1-2-11-31(12-3-1)46-50-47(52-48(51-46)39-27-49-28-43-45(39)38-16-7-9-19-41(38)54-43)36-26-25-32(34-13-4-5-14-35(34)36)29-21-23-30(24-22-29)33-17-10-20-42-44(33)37-15-6-8-18-40(37)53-42/h1-27,47-49,52H,28H2,(H,50,51). The minimum Gasteiger partial charge on any atom is -0.459 e. The summed E-state index contributed by atoms with van der Waals surface area (Å²) < 4.78 is 12.5. The smallest absolute Gasteiger partial charge is 0.136 e. The SMILES string of the molecule is C1=C(C2N=C(c3ccccc3)NC(c3ccc(-c4ccc(-c5cccc6oc7ccccc7c56)cc4)c4ccccc34)N2)c2c(oc3ccccc23)CN1. The van der Waals surface area contributed by atoms with Crippen molar-refractivity contribution in [3.63, 3.8) is 0 Å². The highest BCUT2D eigenvalue weighted by Crippen LogP contribution is 2.40. The van der Waals surface area contributed by atoms with Gasteiger partial charge in [0.2, 0.25) is 0 Å². The second-order valence-corrected chi connectivity index (χ2v) is 14.0. The third-order valence-electron chi connectivity index (χ3n) is 10.9. The summed E-state index contributed by atoms with van der Waals surface area (Å²) in [7, 11) is 0. The lowest BCUT2D eigenvalue weighted by Crippen LogP contribution is -2.49. The van der Waals surface area contributed by atoms with Gasteiger partial charge in [-0.25, -0.2) is 4.99 Å². The lowest BCUT2D eigenvalue weighted by atomic mass is 9.91. The van der Waals surface area contributed by atoms with Crippen LogP contribution >= 0.6 is 0 Å². The second-order valence-electron chi connectivity index (χ2n) is 14.0. The molecule has 11 rings (SSSR count). The molecule has 0 fully saturated rings. The molecule has 3 N–H and O–H groups in total. The van der Waals surface area contributed by atoms with Gasteiger partial charge >= 0.3 is 0 Å². The zero-order chi connectivity index (χ0) is 35.6. The van der Waals surface area contributed by atoms with E-state index in [2.05, 4.69) is 143 Å². The number of para-hydroxylation sites is 2. The van der Waals surface area contributed by atoms with E-state index in [0.717, 1.165) is 77.9 Å². The first-order valence-electron chi connectivity index (χ1n) is 18.4. The van der Waals surface area contributed by atoms with Crippen LogP contribution in [0.1, 0.15) is 28.6 Å². The Morgan fingerprint density at radius 1 is 0.519 bits per heavy atom. The first kappa shape index (κ1) is 30.7. The minimum atomic E-state index is -0.332. The first-order chi connectivity index (χ1) is 26.8. The highest BCUT2D eigenvalue weighted by Gasteiger charge is 2.32. The number of benzene rings is 7. The van der Waals surface area contributed by atoms with E-state index in [1.807, 2.05) is 36.4 Å². The van der Waals surface area contributed by atoms with Crippen LogP contribution < -0.4 is 16.0 Å². The number of hydrogen-bond donors (Lipinski definition) is 3. The van der Waals surface area contributed by atoms with E-state index in [1.165, 1.54) is 21.9 Å². The van der Waals surface area contributed by atoms with Crippen molar-refractivity contribution >= 4 is 55.1 Å². The number of fused-ring (bicyclic) bond motifs is 7. The molecule has 0 saturated heterocycles. The topological polar surface area (TPSA) is 74.7 Å². The van der Waals surface area contributed by atoms with Gasteiger partial charge in [0, 0.05) is 39.1 Å². The van der Waals surface area contributed by atoms with Crippen LogP contribution in [0.25, 0.3) is 71.5 Å². The molecule has 54 heavy (non-hydrogen) atoms. The largest absolute Gasteiger partial charge is 0.459 e. The predicted octanol–water partition coefficient (Wildman–Crippen LogP) is 10.9. The van der Waals surface area contributed by atoms with Crippen molar-refractivity contribution in [2.45, 2.75) is 18.9 Å². The Hall–Kier alpha value is -6.89. The van der Waals surface area contributed by atoms with Gasteiger partial charge in [0.15, 0.2) is 0 Å². The Labute approximate surface area is 311 Å². The van der Waals surface area contributed by atoms with Crippen LogP contribution in [-0.4, -0.2) is 12.0 Å². The number of nitrogens with zero attached hydrogens (tertiary/aromatic N) is 1. The van der Waals surface area contributed by atoms with Gasteiger partial charge in [-0.3, -0.25) is 5.32 Å². The fourth-order valence-corrected chi connectivity index (χ4v) is 8.37. The van der Waals surface area contributed by atoms with E-state index < -0.39 is 0 Å². The van der Waals surface area contributed by atoms with Crippen LogP contribution in [0.4, 0.5) is 0 Å². The molecule has 0 aliphatic carbocycles. The number of furan rings is 2. The molecule has 7 aromatic carbocycles. The molecule has 0 radical (unpaired) electrons. The molecule has 0 saturated carbocycles. The fourth-order valence-electron chi connectivity index (χ4n) is 8.37. The number of rotatable bonds is 5. The van der Waals surface area contributed by atoms with Crippen LogP contribution in [0, 0.1) is 0 Å². The summed E-state index contributed by atoms with van der Waals surface area (Å²) in [6.07, 6.45) is 1.54.